The molecular formula is C30H23NO5. The summed E-state index contributed by atoms with van der Waals surface area (Å²) in [7, 11) is 1.59. The molecule has 0 aliphatic rings. The van der Waals surface area contributed by atoms with Gasteiger partial charge in [-0.3, -0.25) is 4.79 Å². The number of benzene rings is 4. The fourth-order valence-corrected chi connectivity index (χ4v) is 4.10. The van der Waals surface area contributed by atoms with Crippen LogP contribution in [0.2, 0.25) is 0 Å². The van der Waals surface area contributed by atoms with Crippen LogP contribution in [-0.2, 0) is 0 Å². The summed E-state index contributed by atoms with van der Waals surface area (Å²) in [6.07, 6.45) is -0.583. The molecule has 5 aromatic rings. The number of amides is 1. The molecule has 4 aromatic carbocycles. The van der Waals surface area contributed by atoms with Crippen LogP contribution in [0.25, 0.3) is 22.1 Å². The Balaban J connectivity index is 1.49. The van der Waals surface area contributed by atoms with E-state index in [1.165, 1.54) is 4.90 Å². The van der Waals surface area contributed by atoms with Gasteiger partial charge in [0.15, 0.2) is 0 Å². The zero-order chi connectivity index (χ0) is 25.1. The van der Waals surface area contributed by atoms with Crippen molar-refractivity contribution in [2.24, 2.45) is 0 Å². The van der Waals surface area contributed by atoms with Gasteiger partial charge in [-0.05, 0) is 61.0 Å². The van der Waals surface area contributed by atoms with Gasteiger partial charge in [0.05, 0.1) is 29.4 Å². The van der Waals surface area contributed by atoms with Crippen molar-refractivity contribution in [3.05, 3.63) is 119 Å². The molecule has 0 bridgehead atoms. The Bertz CT molecular complexity index is 1540. The Morgan fingerprint density at radius 2 is 1.36 bits per heavy atom. The van der Waals surface area contributed by atoms with Crippen molar-refractivity contribution in [3.8, 4) is 22.6 Å². The minimum absolute atomic E-state index is 0.160. The van der Waals surface area contributed by atoms with Crippen molar-refractivity contribution in [1.29, 1.82) is 0 Å². The van der Waals surface area contributed by atoms with E-state index < -0.39 is 6.09 Å². The summed E-state index contributed by atoms with van der Waals surface area (Å²) in [5, 5.41) is 0.397. The van der Waals surface area contributed by atoms with Gasteiger partial charge in [0.2, 0.25) is 5.43 Å². The molecule has 178 valence electrons. The van der Waals surface area contributed by atoms with Crippen LogP contribution in [0.3, 0.4) is 0 Å². The first-order valence-electron chi connectivity index (χ1n) is 11.4. The fourth-order valence-electron chi connectivity index (χ4n) is 4.10. The molecule has 0 unspecified atom stereocenters. The van der Waals surface area contributed by atoms with E-state index in [0.29, 0.717) is 39.4 Å². The predicted octanol–water partition coefficient (Wildman–Crippen LogP) is 7.11. The maximum Gasteiger partial charge on any atom is 0.424 e. The predicted molar refractivity (Wildman–Crippen MR) is 140 cm³/mol. The smallest absolute Gasteiger partial charge is 0.424 e. The summed E-state index contributed by atoms with van der Waals surface area (Å²) >= 11 is 0. The van der Waals surface area contributed by atoms with Gasteiger partial charge in [-0.15, -0.1) is 0 Å². The number of aryl methyl sites for hydroxylation is 1. The first-order valence-corrected chi connectivity index (χ1v) is 11.4. The number of hydrogen-bond donors (Lipinski definition) is 0. The van der Waals surface area contributed by atoms with Crippen LogP contribution in [0.4, 0.5) is 16.2 Å². The molecule has 6 heteroatoms. The van der Waals surface area contributed by atoms with Crippen molar-refractivity contribution in [2.75, 3.05) is 12.0 Å². The van der Waals surface area contributed by atoms with E-state index in [1.807, 2.05) is 72.8 Å². The standard InChI is InChI=1S/C30H23NO5/c1-20-28(21-13-15-24(34-2)16-14-21)29(32)26-18-17-25(19-27(26)35-20)36-30(33)31(22-9-5-3-6-10-22)23-11-7-4-8-12-23/h3-19H,1-2H3. The van der Waals surface area contributed by atoms with E-state index in [2.05, 4.69) is 0 Å². The largest absolute Gasteiger partial charge is 0.497 e. The molecule has 0 saturated heterocycles. The third kappa shape index (κ3) is 4.44. The van der Waals surface area contributed by atoms with Gasteiger partial charge in [0.25, 0.3) is 0 Å². The first-order chi connectivity index (χ1) is 17.5. The van der Waals surface area contributed by atoms with E-state index in [0.717, 1.165) is 5.56 Å². The lowest BCUT2D eigenvalue weighted by atomic mass is 10.0. The second-order valence-electron chi connectivity index (χ2n) is 8.12. The number of methoxy groups -OCH3 is 1. The van der Waals surface area contributed by atoms with Gasteiger partial charge in [0, 0.05) is 6.07 Å². The van der Waals surface area contributed by atoms with Crippen LogP contribution in [0.15, 0.2) is 112 Å². The highest BCUT2D eigenvalue weighted by atomic mass is 16.6. The molecule has 1 amide bonds. The highest BCUT2D eigenvalue weighted by molar-refractivity contribution is 5.97. The third-order valence-corrected chi connectivity index (χ3v) is 5.84. The number of fused-ring (bicyclic) bond motifs is 1. The van der Waals surface area contributed by atoms with E-state index in [9.17, 15) is 9.59 Å². The minimum atomic E-state index is -0.583. The Hall–Kier alpha value is -4.84. The Kier molecular flexibility index (Phi) is 6.24. The molecule has 0 spiro atoms. The maximum absolute atomic E-state index is 13.3. The molecule has 0 atom stereocenters. The summed E-state index contributed by atoms with van der Waals surface area (Å²) in [4.78, 5) is 28.1. The molecule has 1 aromatic heterocycles. The third-order valence-electron chi connectivity index (χ3n) is 5.84. The molecular weight excluding hydrogens is 454 g/mol. The van der Waals surface area contributed by atoms with Crippen LogP contribution in [-0.4, -0.2) is 13.2 Å². The number of carbonyl (C=O) groups is 1. The van der Waals surface area contributed by atoms with Crippen LogP contribution in [0, 0.1) is 6.92 Å². The van der Waals surface area contributed by atoms with Gasteiger partial charge in [0.1, 0.15) is 22.8 Å². The van der Waals surface area contributed by atoms with E-state index in [4.69, 9.17) is 13.9 Å². The van der Waals surface area contributed by atoms with Gasteiger partial charge in [-0.2, -0.15) is 0 Å². The Morgan fingerprint density at radius 1 is 0.778 bits per heavy atom. The van der Waals surface area contributed by atoms with E-state index >= 15 is 0 Å². The molecule has 0 aliphatic heterocycles. The number of ether oxygens (including phenoxy) is 2. The van der Waals surface area contributed by atoms with Gasteiger partial charge < -0.3 is 13.9 Å². The molecule has 5 rings (SSSR count). The fraction of sp³-hybridized carbons (Fsp3) is 0.0667. The molecule has 0 N–H and O–H groups in total. The van der Waals surface area contributed by atoms with E-state index in [1.54, 1.807) is 44.4 Å². The molecule has 0 saturated carbocycles. The molecule has 0 fully saturated rings. The Morgan fingerprint density at radius 3 is 1.94 bits per heavy atom. The number of para-hydroxylation sites is 2. The number of nitrogens with zero attached hydrogens (tertiary/aromatic N) is 1. The van der Waals surface area contributed by atoms with Crippen LogP contribution < -0.4 is 19.8 Å². The lowest BCUT2D eigenvalue weighted by Crippen LogP contribution is -2.29. The topological polar surface area (TPSA) is 69.0 Å². The number of carbonyl (C=O) groups excluding carboxylic acids is 1. The quantitative estimate of drug-likeness (QED) is 0.270. The molecule has 1 heterocycles. The van der Waals surface area contributed by atoms with Crippen molar-refractivity contribution < 1.29 is 18.7 Å². The highest BCUT2D eigenvalue weighted by Gasteiger charge is 2.21. The molecule has 0 aliphatic carbocycles. The van der Waals surface area contributed by atoms with Crippen LogP contribution >= 0.6 is 0 Å². The summed E-state index contributed by atoms with van der Waals surface area (Å²) in [5.74, 6) is 1.44. The zero-order valence-corrected chi connectivity index (χ0v) is 19.8. The average molecular weight is 478 g/mol. The van der Waals surface area contributed by atoms with Crippen LogP contribution in [0.1, 0.15) is 5.76 Å². The second-order valence-corrected chi connectivity index (χ2v) is 8.12. The highest BCUT2D eigenvalue weighted by Crippen LogP contribution is 2.30. The number of anilines is 2. The van der Waals surface area contributed by atoms with Crippen molar-refractivity contribution in [3.63, 3.8) is 0 Å². The maximum atomic E-state index is 13.3. The lowest BCUT2D eigenvalue weighted by molar-refractivity contribution is 0.210. The number of rotatable bonds is 5. The summed E-state index contributed by atoms with van der Waals surface area (Å²) in [6.45, 7) is 1.74. The van der Waals surface area contributed by atoms with Crippen molar-refractivity contribution in [1.82, 2.24) is 0 Å². The van der Waals surface area contributed by atoms with Gasteiger partial charge in [-0.25, -0.2) is 9.69 Å². The lowest BCUT2D eigenvalue weighted by Gasteiger charge is -2.22. The van der Waals surface area contributed by atoms with Crippen LogP contribution in [0.5, 0.6) is 11.5 Å². The molecule has 36 heavy (non-hydrogen) atoms. The average Bonchev–Trinajstić information content (AvgIpc) is 2.90. The monoisotopic (exact) mass is 477 g/mol. The normalized spacial score (nSPS) is 10.7. The van der Waals surface area contributed by atoms with Crippen molar-refractivity contribution >= 4 is 28.4 Å². The van der Waals surface area contributed by atoms with Crippen molar-refractivity contribution in [2.45, 2.75) is 6.92 Å². The van der Waals surface area contributed by atoms with Gasteiger partial charge in [-0.1, -0.05) is 48.5 Å². The summed E-state index contributed by atoms with van der Waals surface area (Å²) in [5.41, 5.74) is 2.73. The molecule has 0 radical (unpaired) electrons. The minimum Gasteiger partial charge on any atom is -0.497 e. The zero-order valence-electron chi connectivity index (χ0n) is 19.8. The number of hydrogen-bond acceptors (Lipinski definition) is 5. The summed E-state index contributed by atoms with van der Waals surface area (Å²) < 4.78 is 16.9. The first kappa shape index (κ1) is 22.9. The Labute approximate surface area is 207 Å². The van der Waals surface area contributed by atoms with E-state index in [-0.39, 0.29) is 11.2 Å². The van der Waals surface area contributed by atoms with Gasteiger partial charge >= 0.3 is 6.09 Å². The molecule has 6 nitrogen and oxygen atoms in total. The summed E-state index contributed by atoms with van der Waals surface area (Å²) in [6, 6.07) is 30.5. The SMILES string of the molecule is COc1ccc(-c2c(C)oc3cc(OC(=O)N(c4ccccc4)c4ccccc4)ccc3c2=O)cc1. The second kappa shape index (κ2) is 9.80.